The molecule has 0 atom stereocenters. The van der Waals surface area contributed by atoms with Gasteiger partial charge in [0.25, 0.3) is 0 Å². The van der Waals surface area contributed by atoms with Gasteiger partial charge in [-0.15, -0.1) is 0 Å². The van der Waals surface area contributed by atoms with Crippen LogP contribution in [0, 0.1) is 16.0 Å². The second-order valence-corrected chi connectivity index (χ2v) is 8.04. The van der Waals surface area contributed by atoms with Gasteiger partial charge >= 0.3 is 0 Å². The largest absolute Gasteiger partial charge is 0.618 e. The summed E-state index contributed by atoms with van der Waals surface area (Å²) in [6.07, 6.45) is 2.02. The van der Waals surface area contributed by atoms with Crippen LogP contribution in [0.5, 0.6) is 0 Å². The summed E-state index contributed by atoms with van der Waals surface area (Å²) in [5, 5.41) is 12.7. The van der Waals surface area contributed by atoms with Gasteiger partial charge in [-0.05, 0) is 16.9 Å². The Morgan fingerprint density at radius 1 is 0.857 bits per heavy atom. The molecule has 0 unspecified atom stereocenters. The lowest BCUT2D eigenvalue weighted by Gasteiger charge is -2.33. The van der Waals surface area contributed by atoms with Crippen LogP contribution in [-0.4, -0.2) is 11.6 Å². The van der Waals surface area contributed by atoms with E-state index >= 15 is 0 Å². The minimum atomic E-state index is -0.196. The lowest BCUT2D eigenvalue weighted by Crippen LogP contribution is -2.48. The number of pyridine rings is 1. The highest BCUT2D eigenvalue weighted by Crippen LogP contribution is 2.38. The van der Waals surface area contributed by atoms with Crippen LogP contribution in [0.2, 0.25) is 0 Å². The number of carbonyl (C=O) groups excluding carboxylic acids is 2. The van der Waals surface area contributed by atoms with Gasteiger partial charge in [0, 0.05) is 25.7 Å². The summed E-state index contributed by atoms with van der Waals surface area (Å²) >= 11 is 0. The Hall–Kier alpha value is -1.71. The van der Waals surface area contributed by atoms with E-state index in [9.17, 15) is 14.8 Å². The third kappa shape index (κ3) is 2.27. The molecule has 0 fully saturated rings. The summed E-state index contributed by atoms with van der Waals surface area (Å²) < 4.78 is 0.877. The van der Waals surface area contributed by atoms with Crippen molar-refractivity contribution < 1.29 is 14.3 Å². The first-order valence-electron chi connectivity index (χ1n) is 7.44. The fraction of sp³-hybridized carbons (Fsp3) is 0.588. The molecule has 0 aromatic carbocycles. The first kappa shape index (κ1) is 14.2. The van der Waals surface area contributed by atoms with E-state index in [-0.39, 0.29) is 22.4 Å². The smallest absolute Gasteiger partial charge is 0.204 e. The minimum Gasteiger partial charge on any atom is -0.618 e. The van der Waals surface area contributed by atoms with Gasteiger partial charge in [-0.1, -0.05) is 27.7 Å². The molecule has 1 heterocycles. The van der Waals surface area contributed by atoms with Crippen LogP contribution in [0.3, 0.4) is 0 Å². The highest BCUT2D eigenvalue weighted by Gasteiger charge is 2.42. The molecule has 0 N–H and O–H groups in total. The number of nitrogens with zero attached hydrogens (tertiary/aromatic N) is 1. The standard InChI is InChI=1S/C17H21NO3/c1-16(2)6-12-10(14(19)8-16)5-11-13(18(12)21)7-17(3,4)9-15(11)20/h5H,6-9H2,1-4H3. The number of Topliss-reactive ketones (excluding diaryl/α,β-unsaturated/α-hetero) is 2. The molecule has 0 saturated heterocycles. The van der Waals surface area contributed by atoms with Gasteiger partial charge in [0.05, 0.1) is 11.1 Å². The van der Waals surface area contributed by atoms with Crippen molar-refractivity contribution in [2.75, 3.05) is 0 Å². The van der Waals surface area contributed by atoms with Crippen molar-refractivity contribution in [2.24, 2.45) is 10.8 Å². The topological polar surface area (TPSA) is 61.1 Å². The average molecular weight is 287 g/mol. The fourth-order valence-electron chi connectivity index (χ4n) is 3.60. The van der Waals surface area contributed by atoms with Gasteiger partial charge < -0.3 is 5.21 Å². The number of carbonyl (C=O) groups is 2. The van der Waals surface area contributed by atoms with E-state index in [0.717, 1.165) is 4.73 Å². The lowest BCUT2D eigenvalue weighted by atomic mass is 9.72. The Balaban J connectivity index is 2.23. The molecule has 1 aromatic heterocycles. The molecule has 2 aliphatic carbocycles. The van der Waals surface area contributed by atoms with Crippen LogP contribution in [0.1, 0.15) is 72.6 Å². The van der Waals surface area contributed by atoms with Crippen molar-refractivity contribution in [2.45, 2.75) is 53.4 Å². The van der Waals surface area contributed by atoms with Crippen LogP contribution < -0.4 is 4.73 Å². The summed E-state index contributed by atoms with van der Waals surface area (Å²) in [7, 11) is 0. The van der Waals surface area contributed by atoms with Crippen LogP contribution in [0.25, 0.3) is 0 Å². The predicted octanol–water partition coefficient (Wildman–Crippen LogP) is 2.63. The SMILES string of the molecule is CC1(C)CC(=O)c2cc3c([n+]([O-])c2C1)CC(C)(C)CC3=O. The third-order valence-electron chi connectivity index (χ3n) is 4.57. The van der Waals surface area contributed by atoms with Crippen molar-refractivity contribution in [3.63, 3.8) is 0 Å². The number of aromatic nitrogens is 1. The highest BCUT2D eigenvalue weighted by molar-refractivity contribution is 6.03. The van der Waals surface area contributed by atoms with E-state index < -0.39 is 0 Å². The summed E-state index contributed by atoms with van der Waals surface area (Å²) in [6.45, 7) is 8.01. The van der Waals surface area contributed by atoms with Crippen molar-refractivity contribution in [1.82, 2.24) is 0 Å². The Morgan fingerprint density at radius 2 is 1.24 bits per heavy atom. The van der Waals surface area contributed by atoms with Crippen LogP contribution >= 0.6 is 0 Å². The first-order chi connectivity index (χ1) is 9.60. The Labute approximate surface area is 124 Å². The average Bonchev–Trinajstić information content (AvgIpc) is 2.30. The quantitative estimate of drug-likeness (QED) is 0.544. The Bertz CT molecular complexity index is 617. The normalized spacial score (nSPS) is 22.7. The molecule has 4 nitrogen and oxygen atoms in total. The van der Waals surface area contributed by atoms with Gasteiger partial charge in [0.2, 0.25) is 11.4 Å². The Morgan fingerprint density at radius 3 is 1.62 bits per heavy atom. The zero-order valence-corrected chi connectivity index (χ0v) is 13.1. The van der Waals surface area contributed by atoms with Crippen molar-refractivity contribution in [3.8, 4) is 0 Å². The van der Waals surface area contributed by atoms with E-state index in [2.05, 4.69) is 0 Å². The summed E-state index contributed by atoms with van der Waals surface area (Å²) in [4.78, 5) is 24.6. The Kier molecular flexibility index (Phi) is 2.81. The van der Waals surface area contributed by atoms with Gasteiger partial charge in [-0.25, -0.2) is 0 Å². The second-order valence-electron chi connectivity index (χ2n) is 8.04. The van der Waals surface area contributed by atoms with Crippen molar-refractivity contribution >= 4 is 11.6 Å². The van der Waals surface area contributed by atoms with Gasteiger partial charge in [0.15, 0.2) is 11.6 Å². The molecule has 0 spiro atoms. The maximum atomic E-state index is 12.7. The summed E-state index contributed by atoms with van der Waals surface area (Å²) in [5.74, 6) is -0.0439. The number of hydrogen-bond acceptors (Lipinski definition) is 3. The molecule has 1 aromatic rings. The third-order valence-corrected chi connectivity index (χ3v) is 4.57. The molecule has 112 valence electrons. The number of fused-ring (bicyclic) bond motifs is 2. The molecule has 4 heteroatoms. The van der Waals surface area contributed by atoms with E-state index in [4.69, 9.17) is 0 Å². The van der Waals surface area contributed by atoms with Crippen LogP contribution in [-0.2, 0) is 12.8 Å². The van der Waals surface area contributed by atoms with E-state index in [1.807, 2.05) is 27.7 Å². The maximum absolute atomic E-state index is 12.7. The fourth-order valence-corrected chi connectivity index (χ4v) is 3.60. The number of rotatable bonds is 0. The lowest BCUT2D eigenvalue weighted by molar-refractivity contribution is -0.624. The zero-order valence-electron chi connectivity index (χ0n) is 13.1. The van der Waals surface area contributed by atoms with Gasteiger partial charge in [-0.3, -0.25) is 9.59 Å². The molecule has 0 bridgehead atoms. The molecule has 0 aliphatic heterocycles. The monoisotopic (exact) mass is 287 g/mol. The number of hydrogen-bond donors (Lipinski definition) is 0. The molecule has 0 radical (unpaired) electrons. The number of ketones is 2. The molecule has 3 rings (SSSR count). The summed E-state index contributed by atoms with van der Waals surface area (Å²) in [5.41, 5.74) is 1.60. The van der Waals surface area contributed by atoms with Gasteiger partial charge in [-0.2, -0.15) is 4.73 Å². The predicted molar refractivity (Wildman–Crippen MR) is 78.3 cm³/mol. The van der Waals surface area contributed by atoms with Crippen molar-refractivity contribution in [3.05, 3.63) is 33.8 Å². The van der Waals surface area contributed by atoms with Crippen molar-refractivity contribution in [1.29, 1.82) is 0 Å². The molecule has 0 saturated carbocycles. The van der Waals surface area contributed by atoms with Crippen LogP contribution in [0.4, 0.5) is 0 Å². The zero-order chi connectivity index (χ0) is 15.6. The van der Waals surface area contributed by atoms with E-state index in [0.29, 0.717) is 48.2 Å². The minimum absolute atomic E-state index is 0.0220. The summed E-state index contributed by atoms with van der Waals surface area (Å²) in [6, 6.07) is 1.67. The molecular formula is C17H21NO3. The molecule has 21 heavy (non-hydrogen) atoms. The molecular weight excluding hydrogens is 266 g/mol. The molecule has 2 aliphatic rings. The van der Waals surface area contributed by atoms with E-state index in [1.54, 1.807) is 6.07 Å². The highest BCUT2D eigenvalue weighted by atomic mass is 16.5. The van der Waals surface area contributed by atoms with E-state index in [1.165, 1.54) is 0 Å². The van der Waals surface area contributed by atoms with Crippen LogP contribution in [0.15, 0.2) is 6.07 Å². The van der Waals surface area contributed by atoms with Gasteiger partial charge in [0.1, 0.15) is 0 Å². The molecule has 0 amide bonds. The first-order valence-corrected chi connectivity index (χ1v) is 7.44. The maximum Gasteiger partial charge on any atom is 0.204 e. The second kappa shape index (κ2) is 4.15.